The summed E-state index contributed by atoms with van der Waals surface area (Å²) in [4.78, 5) is 24.2. The number of amides is 1. The van der Waals surface area contributed by atoms with E-state index in [1.54, 1.807) is 39.8 Å². The normalized spacial score (nSPS) is 11.1. The number of nitrogens with one attached hydrogen (secondary N) is 1. The molecule has 3 rings (SSSR count). The largest absolute Gasteiger partial charge is 0.452 e. The highest BCUT2D eigenvalue weighted by Crippen LogP contribution is 2.15. The van der Waals surface area contributed by atoms with Gasteiger partial charge in [-0.15, -0.1) is 5.10 Å². The number of rotatable bonds is 6. The molecule has 0 atom stereocenters. The summed E-state index contributed by atoms with van der Waals surface area (Å²) >= 11 is 0. The van der Waals surface area contributed by atoms with Crippen LogP contribution in [0.1, 0.15) is 37.2 Å². The highest BCUT2D eigenvalue weighted by atomic mass is 16.5. The van der Waals surface area contributed by atoms with Gasteiger partial charge in [-0.1, -0.05) is 5.21 Å². The van der Waals surface area contributed by atoms with Crippen molar-refractivity contribution in [2.75, 3.05) is 11.9 Å². The standard InChI is InChI=1S/C17H20N6O3/c1-4-22-14-6-5-12(9-13(14)20-21-22)17(25)26-10-16(24)19-15-7-8-18-23(15)11(2)3/h5-9,11H,4,10H2,1-3H3,(H,19,24). The van der Waals surface area contributed by atoms with Crippen molar-refractivity contribution in [2.24, 2.45) is 0 Å². The van der Waals surface area contributed by atoms with E-state index >= 15 is 0 Å². The molecule has 0 fully saturated rings. The summed E-state index contributed by atoms with van der Waals surface area (Å²) in [5.74, 6) is -0.470. The summed E-state index contributed by atoms with van der Waals surface area (Å²) in [7, 11) is 0. The lowest BCUT2D eigenvalue weighted by Gasteiger charge is -2.11. The summed E-state index contributed by atoms with van der Waals surface area (Å²) in [6, 6.07) is 6.78. The van der Waals surface area contributed by atoms with Crippen molar-refractivity contribution in [1.82, 2.24) is 24.8 Å². The van der Waals surface area contributed by atoms with E-state index in [0.717, 1.165) is 5.52 Å². The molecule has 0 spiro atoms. The fraction of sp³-hybridized carbons (Fsp3) is 0.353. The molecule has 0 saturated carbocycles. The first-order chi connectivity index (χ1) is 12.5. The van der Waals surface area contributed by atoms with Gasteiger partial charge in [0.1, 0.15) is 11.3 Å². The lowest BCUT2D eigenvalue weighted by Crippen LogP contribution is -2.23. The van der Waals surface area contributed by atoms with Crippen molar-refractivity contribution in [3.05, 3.63) is 36.0 Å². The topological polar surface area (TPSA) is 104 Å². The summed E-state index contributed by atoms with van der Waals surface area (Å²) in [5, 5.41) is 14.8. The van der Waals surface area contributed by atoms with E-state index in [1.807, 2.05) is 20.8 Å². The number of carbonyl (C=O) groups excluding carboxylic acids is 2. The molecule has 0 bridgehead atoms. The summed E-state index contributed by atoms with van der Waals surface area (Å²) in [6.07, 6.45) is 1.60. The average Bonchev–Trinajstić information content (AvgIpc) is 3.25. The number of hydrogen-bond donors (Lipinski definition) is 1. The first-order valence-corrected chi connectivity index (χ1v) is 8.33. The first kappa shape index (κ1) is 17.6. The van der Waals surface area contributed by atoms with Crippen LogP contribution in [0.4, 0.5) is 5.82 Å². The quantitative estimate of drug-likeness (QED) is 0.678. The molecular weight excluding hydrogens is 336 g/mol. The van der Waals surface area contributed by atoms with Crippen LogP contribution in [-0.4, -0.2) is 43.3 Å². The molecule has 0 aliphatic heterocycles. The van der Waals surface area contributed by atoms with Crippen molar-refractivity contribution in [3.8, 4) is 0 Å². The minimum Gasteiger partial charge on any atom is -0.452 e. The predicted molar refractivity (Wildman–Crippen MR) is 94.7 cm³/mol. The molecule has 0 saturated heterocycles. The van der Waals surface area contributed by atoms with E-state index < -0.39 is 11.9 Å². The van der Waals surface area contributed by atoms with E-state index in [9.17, 15) is 9.59 Å². The van der Waals surface area contributed by atoms with Crippen molar-refractivity contribution in [3.63, 3.8) is 0 Å². The molecule has 1 aromatic carbocycles. The van der Waals surface area contributed by atoms with Crippen molar-refractivity contribution in [1.29, 1.82) is 0 Å². The van der Waals surface area contributed by atoms with Crippen molar-refractivity contribution in [2.45, 2.75) is 33.4 Å². The number of aromatic nitrogens is 5. The van der Waals surface area contributed by atoms with E-state index in [2.05, 4.69) is 20.7 Å². The fourth-order valence-corrected chi connectivity index (χ4v) is 2.55. The Morgan fingerprint density at radius 1 is 1.27 bits per heavy atom. The molecule has 3 aromatic rings. The van der Waals surface area contributed by atoms with E-state index in [-0.39, 0.29) is 12.6 Å². The van der Waals surface area contributed by atoms with Gasteiger partial charge in [-0.2, -0.15) is 5.10 Å². The maximum atomic E-state index is 12.2. The van der Waals surface area contributed by atoms with Crippen molar-refractivity contribution < 1.29 is 14.3 Å². The molecule has 2 aromatic heterocycles. The number of fused-ring (bicyclic) bond motifs is 1. The highest BCUT2D eigenvalue weighted by Gasteiger charge is 2.14. The summed E-state index contributed by atoms with van der Waals surface area (Å²) in [5.41, 5.74) is 1.76. The fourth-order valence-electron chi connectivity index (χ4n) is 2.55. The zero-order chi connectivity index (χ0) is 18.7. The van der Waals surface area contributed by atoms with E-state index in [1.165, 1.54) is 0 Å². The Morgan fingerprint density at radius 2 is 2.08 bits per heavy atom. The van der Waals surface area contributed by atoms with Gasteiger partial charge in [0, 0.05) is 18.7 Å². The molecule has 0 aliphatic rings. The number of nitrogens with zero attached hydrogens (tertiary/aromatic N) is 5. The van der Waals surface area contributed by atoms with Gasteiger partial charge in [0.25, 0.3) is 5.91 Å². The Labute approximate surface area is 149 Å². The molecule has 0 aliphatic carbocycles. The minimum atomic E-state index is -0.592. The van der Waals surface area contributed by atoms with Crippen molar-refractivity contribution >= 4 is 28.7 Å². The highest BCUT2D eigenvalue weighted by molar-refractivity contribution is 5.96. The lowest BCUT2D eigenvalue weighted by molar-refractivity contribution is -0.119. The Morgan fingerprint density at radius 3 is 2.81 bits per heavy atom. The lowest BCUT2D eigenvalue weighted by atomic mass is 10.2. The SMILES string of the molecule is CCn1nnc2cc(C(=O)OCC(=O)Nc3ccnn3C(C)C)ccc21. The van der Waals surface area contributed by atoms with Gasteiger partial charge in [-0.3, -0.25) is 4.79 Å². The second kappa shape index (κ2) is 7.34. The van der Waals surface area contributed by atoms with Crippen LogP contribution in [0.5, 0.6) is 0 Å². The third-order valence-electron chi connectivity index (χ3n) is 3.81. The van der Waals surface area contributed by atoms with Gasteiger partial charge in [0.2, 0.25) is 0 Å². The maximum Gasteiger partial charge on any atom is 0.338 e. The number of hydrogen-bond acceptors (Lipinski definition) is 6. The third kappa shape index (κ3) is 3.56. The molecule has 2 heterocycles. The second-order valence-electron chi connectivity index (χ2n) is 5.99. The van der Waals surface area contributed by atoms with Crippen LogP contribution >= 0.6 is 0 Å². The van der Waals surface area contributed by atoms with Gasteiger partial charge >= 0.3 is 5.97 Å². The zero-order valence-electron chi connectivity index (χ0n) is 14.8. The summed E-state index contributed by atoms with van der Waals surface area (Å²) in [6.45, 7) is 6.16. The Balaban J connectivity index is 1.61. The molecule has 26 heavy (non-hydrogen) atoms. The molecule has 1 amide bonds. The smallest absolute Gasteiger partial charge is 0.338 e. The monoisotopic (exact) mass is 356 g/mol. The molecule has 1 N–H and O–H groups in total. The Kier molecular flexibility index (Phi) is 4.97. The molecule has 9 nitrogen and oxygen atoms in total. The van der Waals surface area contributed by atoms with Gasteiger partial charge in [0.15, 0.2) is 6.61 Å². The maximum absolute atomic E-state index is 12.2. The molecule has 9 heteroatoms. The molecular formula is C17H20N6O3. The van der Waals surface area contributed by atoms with Crippen LogP contribution < -0.4 is 5.32 Å². The minimum absolute atomic E-state index is 0.103. The number of ether oxygens (including phenoxy) is 1. The molecule has 136 valence electrons. The number of esters is 1. The Bertz CT molecular complexity index is 943. The number of carbonyl (C=O) groups is 2. The van der Waals surface area contributed by atoms with E-state index in [0.29, 0.717) is 23.4 Å². The predicted octanol–water partition coefficient (Wildman–Crippen LogP) is 2.02. The van der Waals surface area contributed by atoms with Gasteiger partial charge in [-0.25, -0.2) is 14.2 Å². The summed E-state index contributed by atoms with van der Waals surface area (Å²) < 4.78 is 8.49. The van der Waals surface area contributed by atoms with Crippen LogP contribution in [0.3, 0.4) is 0 Å². The van der Waals surface area contributed by atoms with Gasteiger partial charge in [0.05, 0.1) is 17.3 Å². The number of benzene rings is 1. The number of aryl methyl sites for hydroxylation is 1. The average molecular weight is 356 g/mol. The van der Waals surface area contributed by atoms with Gasteiger partial charge < -0.3 is 10.1 Å². The second-order valence-corrected chi connectivity index (χ2v) is 5.99. The van der Waals surface area contributed by atoms with Crippen LogP contribution in [-0.2, 0) is 16.1 Å². The zero-order valence-corrected chi connectivity index (χ0v) is 14.8. The third-order valence-corrected chi connectivity index (χ3v) is 3.81. The molecule has 0 unspecified atom stereocenters. The van der Waals surface area contributed by atoms with Crippen LogP contribution in [0, 0.1) is 0 Å². The van der Waals surface area contributed by atoms with Gasteiger partial charge in [-0.05, 0) is 39.0 Å². The van der Waals surface area contributed by atoms with Crippen LogP contribution in [0.2, 0.25) is 0 Å². The van der Waals surface area contributed by atoms with E-state index in [4.69, 9.17) is 4.74 Å². The van der Waals surface area contributed by atoms with Crippen LogP contribution in [0.15, 0.2) is 30.5 Å². The molecule has 0 radical (unpaired) electrons. The first-order valence-electron chi connectivity index (χ1n) is 8.33. The number of anilines is 1. The van der Waals surface area contributed by atoms with Crippen LogP contribution in [0.25, 0.3) is 11.0 Å². The Hall–Kier alpha value is -3.23.